The zero-order chi connectivity index (χ0) is 20.3. The first kappa shape index (κ1) is 19.2. The van der Waals surface area contributed by atoms with Crippen LogP contribution >= 0.6 is 0 Å². The van der Waals surface area contributed by atoms with E-state index in [0.717, 1.165) is 28.2 Å². The Hall–Kier alpha value is -3.55. The van der Waals surface area contributed by atoms with E-state index in [0.29, 0.717) is 0 Å². The molecule has 0 radical (unpaired) electrons. The molecule has 144 valence electrons. The molecule has 1 N–H and O–H groups in total. The highest BCUT2D eigenvalue weighted by molar-refractivity contribution is 5.79. The fourth-order valence-corrected chi connectivity index (χ4v) is 2.92. The van der Waals surface area contributed by atoms with Gasteiger partial charge in [0.15, 0.2) is 0 Å². The quantitative estimate of drug-likeness (QED) is 0.523. The molecule has 3 rings (SSSR count). The minimum atomic E-state index is -0.466. The van der Waals surface area contributed by atoms with Gasteiger partial charge in [0.2, 0.25) is 5.91 Å². The maximum Gasteiger partial charge on any atom is 0.269 e. The normalized spacial score (nSPS) is 10.7. The summed E-state index contributed by atoms with van der Waals surface area (Å²) >= 11 is 0. The summed E-state index contributed by atoms with van der Waals surface area (Å²) in [5.74, 6) is -0.501. The van der Waals surface area contributed by atoms with Gasteiger partial charge < -0.3 is 5.32 Å². The SMILES string of the molecule is Cc1nn(-c2ccc(F)cc2)c(C)c1CC(=O)NCc1ccc([N+](=O)[O-])cc1. The smallest absolute Gasteiger partial charge is 0.269 e. The van der Waals surface area contributed by atoms with Gasteiger partial charge in [-0.05, 0) is 43.7 Å². The van der Waals surface area contributed by atoms with Crippen LogP contribution in [0, 0.1) is 29.8 Å². The van der Waals surface area contributed by atoms with Gasteiger partial charge in [0, 0.05) is 29.9 Å². The Morgan fingerprint density at radius 1 is 1.14 bits per heavy atom. The Morgan fingerprint density at radius 2 is 1.79 bits per heavy atom. The largest absolute Gasteiger partial charge is 0.352 e. The van der Waals surface area contributed by atoms with E-state index in [1.54, 1.807) is 28.9 Å². The summed E-state index contributed by atoms with van der Waals surface area (Å²) in [6.45, 7) is 3.97. The van der Waals surface area contributed by atoms with E-state index in [-0.39, 0.29) is 30.4 Å². The molecule has 0 spiro atoms. The number of halogens is 1. The Balaban J connectivity index is 1.67. The van der Waals surface area contributed by atoms with Crippen LogP contribution in [0.2, 0.25) is 0 Å². The minimum Gasteiger partial charge on any atom is -0.352 e. The average Bonchev–Trinajstić information content (AvgIpc) is 2.95. The third-order valence-electron chi connectivity index (χ3n) is 4.49. The molecule has 0 bridgehead atoms. The molecule has 0 aliphatic heterocycles. The predicted octanol–water partition coefficient (Wildman–Crippen LogP) is 3.40. The number of nitrogens with one attached hydrogen (secondary N) is 1. The van der Waals surface area contributed by atoms with Gasteiger partial charge in [-0.25, -0.2) is 9.07 Å². The second kappa shape index (κ2) is 7.99. The van der Waals surface area contributed by atoms with Gasteiger partial charge in [0.1, 0.15) is 5.82 Å². The number of rotatable bonds is 6. The summed E-state index contributed by atoms with van der Waals surface area (Å²) in [4.78, 5) is 22.6. The second-order valence-corrected chi connectivity index (χ2v) is 6.41. The summed E-state index contributed by atoms with van der Waals surface area (Å²) in [5, 5.41) is 17.9. The lowest BCUT2D eigenvalue weighted by molar-refractivity contribution is -0.384. The van der Waals surface area contributed by atoms with Crippen molar-refractivity contribution < 1.29 is 14.1 Å². The van der Waals surface area contributed by atoms with E-state index in [1.807, 2.05) is 13.8 Å². The number of aromatic nitrogens is 2. The number of amides is 1. The van der Waals surface area contributed by atoms with Crippen LogP contribution in [0.4, 0.5) is 10.1 Å². The fraction of sp³-hybridized carbons (Fsp3) is 0.200. The molecule has 0 fully saturated rings. The van der Waals surface area contributed by atoms with Crippen LogP contribution in [-0.4, -0.2) is 20.6 Å². The number of non-ortho nitro benzene ring substituents is 1. The number of benzene rings is 2. The highest BCUT2D eigenvalue weighted by Gasteiger charge is 2.16. The number of hydrogen-bond acceptors (Lipinski definition) is 4. The highest BCUT2D eigenvalue weighted by atomic mass is 19.1. The summed E-state index contributed by atoms with van der Waals surface area (Å²) in [5.41, 5.74) is 3.86. The number of hydrogen-bond donors (Lipinski definition) is 1. The van der Waals surface area contributed by atoms with E-state index in [4.69, 9.17) is 0 Å². The molecule has 0 atom stereocenters. The van der Waals surface area contributed by atoms with Crippen LogP contribution in [0.15, 0.2) is 48.5 Å². The first-order valence-electron chi connectivity index (χ1n) is 8.66. The molecule has 8 heteroatoms. The number of aryl methyl sites for hydroxylation is 1. The third-order valence-corrected chi connectivity index (χ3v) is 4.49. The Morgan fingerprint density at radius 3 is 2.39 bits per heavy atom. The molecular formula is C20H19FN4O3. The molecule has 7 nitrogen and oxygen atoms in total. The number of nitro groups is 1. The molecule has 0 saturated heterocycles. The molecule has 1 aromatic heterocycles. The van der Waals surface area contributed by atoms with Crippen LogP contribution in [0.3, 0.4) is 0 Å². The van der Waals surface area contributed by atoms with Crippen LogP contribution in [-0.2, 0) is 17.8 Å². The molecule has 0 aliphatic carbocycles. The summed E-state index contributed by atoms with van der Waals surface area (Å²) in [6, 6.07) is 12.0. The predicted molar refractivity (Wildman–Crippen MR) is 102 cm³/mol. The van der Waals surface area contributed by atoms with Crippen LogP contribution in [0.25, 0.3) is 5.69 Å². The maximum atomic E-state index is 13.1. The fourth-order valence-electron chi connectivity index (χ4n) is 2.92. The monoisotopic (exact) mass is 382 g/mol. The molecule has 1 heterocycles. The third kappa shape index (κ3) is 4.22. The molecule has 28 heavy (non-hydrogen) atoms. The lowest BCUT2D eigenvalue weighted by atomic mass is 10.1. The molecule has 1 amide bonds. The number of nitrogens with zero attached hydrogens (tertiary/aromatic N) is 3. The van der Waals surface area contributed by atoms with E-state index in [9.17, 15) is 19.3 Å². The Labute approximate surface area is 161 Å². The first-order valence-corrected chi connectivity index (χ1v) is 8.66. The van der Waals surface area contributed by atoms with Crippen molar-refractivity contribution >= 4 is 11.6 Å². The van der Waals surface area contributed by atoms with Gasteiger partial charge in [0.25, 0.3) is 5.69 Å². The molecule has 2 aromatic carbocycles. The molecule has 0 aliphatic rings. The van der Waals surface area contributed by atoms with Gasteiger partial charge in [-0.15, -0.1) is 0 Å². The lowest BCUT2D eigenvalue weighted by Crippen LogP contribution is -2.25. The maximum absolute atomic E-state index is 13.1. The van der Waals surface area contributed by atoms with E-state index < -0.39 is 4.92 Å². The highest BCUT2D eigenvalue weighted by Crippen LogP contribution is 2.19. The summed E-state index contributed by atoms with van der Waals surface area (Å²) in [7, 11) is 0. The number of carbonyl (C=O) groups is 1. The molecule has 0 unspecified atom stereocenters. The van der Waals surface area contributed by atoms with Crippen LogP contribution < -0.4 is 5.32 Å². The van der Waals surface area contributed by atoms with Crippen LogP contribution in [0.1, 0.15) is 22.5 Å². The van der Waals surface area contributed by atoms with Crippen molar-refractivity contribution in [1.82, 2.24) is 15.1 Å². The van der Waals surface area contributed by atoms with E-state index in [1.165, 1.54) is 24.3 Å². The van der Waals surface area contributed by atoms with Crippen molar-refractivity contribution in [3.05, 3.63) is 87.0 Å². The molecule has 0 saturated carbocycles. The van der Waals surface area contributed by atoms with Crippen molar-refractivity contribution in [2.24, 2.45) is 0 Å². The molecule has 3 aromatic rings. The van der Waals surface area contributed by atoms with Gasteiger partial charge in [-0.3, -0.25) is 14.9 Å². The van der Waals surface area contributed by atoms with Gasteiger partial charge in [-0.1, -0.05) is 12.1 Å². The zero-order valence-corrected chi connectivity index (χ0v) is 15.5. The van der Waals surface area contributed by atoms with Crippen molar-refractivity contribution in [3.8, 4) is 5.69 Å². The lowest BCUT2D eigenvalue weighted by Gasteiger charge is -2.07. The second-order valence-electron chi connectivity index (χ2n) is 6.41. The van der Waals surface area contributed by atoms with E-state index >= 15 is 0 Å². The topological polar surface area (TPSA) is 90.1 Å². The minimum absolute atomic E-state index is 0.00883. The summed E-state index contributed by atoms with van der Waals surface area (Å²) < 4.78 is 14.8. The van der Waals surface area contributed by atoms with Gasteiger partial charge in [0.05, 0.1) is 22.7 Å². The average molecular weight is 382 g/mol. The first-order chi connectivity index (χ1) is 13.3. The molecular weight excluding hydrogens is 363 g/mol. The number of nitro benzene ring substituents is 1. The zero-order valence-electron chi connectivity index (χ0n) is 15.5. The Bertz CT molecular complexity index is 1010. The van der Waals surface area contributed by atoms with Gasteiger partial charge >= 0.3 is 0 Å². The Kier molecular flexibility index (Phi) is 5.49. The van der Waals surface area contributed by atoms with Crippen molar-refractivity contribution in [3.63, 3.8) is 0 Å². The summed E-state index contributed by atoms with van der Waals surface area (Å²) in [6.07, 6.45) is 0.159. The van der Waals surface area contributed by atoms with Crippen molar-refractivity contribution in [2.75, 3.05) is 0 Å². The van der Waals surface area contributed by atoms with E-state index in [2.05, 4.69) is 10.4 Å². The van der Waals surface area contributed by atoms with Crippen molar-refractivity contribution in [1.29, 1.82) is 0 Å². The standard InChI is InChI=1S/C20H19FN4O3/c1-13-19(14(2)24(23-13)17-9-5-16(21)6-10-17)11-20(26)22-12-15-3-7-18(8-4-15)25(27)28/h3-10H,11-12H2,1-2H3,(H,22,26). The van der Waals surface area contributed by atoms with Gasteiger partial charge in [-0.2, -0.15) is 5.10 Å². The number of carbonyl (C=O) groups excluding carboxylic acids is 1. The van der Waals surface area contributed by atoms with Crippen LogP contribution in [0.5, 0.6) is 0 Å². The van der Waals surface area contributed by atoms with Crippen molar-refractivity contribution in [2.45, 2.75) is 26.8 Å².